The van der Waals surface area contributed by atoms with Gasteiger partial charge in [0.15, 0.2) is 17.5 Å². The van der Waals surface area contributed by atoms with Gasteiger partial charge in [-0.3, -0.25) is 0 Å². The zero-order valence-corrected chi connectivity index (χ0v) is 34.1. The predicted octanol–water partition coefficient (Wildman–Crippen LogP) is 14.6. The van der Waals surface area contributed by atoms with Gasteiger partial charge in [-0.2, -0.15) is 0 Å². The summed E-state index contributed by atoms with van der Waals surface area (Å²) in [6.07, 6.45) is 0. The molecular formula is C58H38N4O. The van der Waals surface area contributed by atoms with Crippen molar-refractivity contribution in [3.8, 4) is 45.3 Å². The van der Waals surface area contributed by atoms with Gasteiger partial charge in [0.1, 0.15) is 11.2 Å². The molecule has 0 saturated carbocycles. The lowest BCUT2D eigenvalue weighted by molar-refractivity contribution is 0.669. The fraction of sp³-hybridized carbons (Fsp3) is 0.0172. The van der Waals surface area contributed by atoms with E-state index in [1.165, 1.54) is 33.4 Å². The Morgan fingerprint density at radius 1 is 0.349 bits per heavy atom. The molecule has 2 aromatic heterocycles. The van der Waals surface area contributed by atoms with Crippen LogP contribution in [0.4, 0.5) is 17.1 Å². The lowest BCUT2D eigenvalue weighted by Gasteiger charge is -2.34. The molecule has 0 bridgehead atoms. The van der Waals surface area contributed by atoms with E-state index in [4.69, 9.17) is 19.4 Å². The Kier molecular flexibility index (Phi) is 8.64. The summed E-state index contributed by atoms with van der Waals surface area (Å²) in [6, 6.07) is 81.1. The summed E-state index contributed by atoms with van der Waals surface area (Å²) in [7, 11) is 0. The summed E-state index contributed by atoms with van der Waals surface area (Å²) in [6.45, 7) is 0. The molecule has 2 heterocycles. The van der Waals surface area contributed by atoms with Crippen LogP contribution in [0.2, 0.25) is 0 Å². The highest BCUT2D eigenvalue weighted by atomic mass is 16.3. The average molecular weight is 807 g/mol. The van der Waals surface area contributed by atoms with Crippen molar-refractivity contribution >= 4 is 39.0 Å². The van der Waals surface area contributed by atoms with Crippen LogP contribution in [0.3, 0.4) is 0 Å². The fourth-order valence-electron chi connectivity index (χ4n) is 9.67. The number of nitrogens with zero attached hydrogens (tertiary/aromatic N) is 4. The summed E-state index contributed by atoms with van der Waals surface area (Å²) in [5, 5.41) is 1.94. The topological polar surface area (TPSA) is 55.1 Å². The van der Waals surface area contributed by atoms with Crippen LogP contribution in [0.25, 0.3) is 67.2 Å². The number of anilines is 3. The largest absolute Gasteiger partial charge is 0.456 e. The smallest absolute Gasteiger partial charge is 0.164 e. The number of fused-ring (bicyclic) bond motifs is 6. The Labute approximate surface area is 365 Å². The molecule has 1 aliphatic carbocycles. The van der Waals surface area contributed by atoms with E-state index in [1.54, 1.807) is 0 Å². The van der Waals surface area contributed by atoms with Crippen molar-refractivity contribution < 1.29 is 4.42 Å². The van der Waals surface area contributed by atoms with Gasteiger partial charge in [-0.15, -0.1) is 0 Å². The van der Waals surface area contributed by atoms with E-state index in [-0.39, 0.29) is 0 Å². The third-order valence-electron chi connectivity index (χ3n) is 12.4. The minimum atomic E-state index is -0.475. The molecule has 5 heteroatoms. The molecule has 63 heavy (non-hydrogen) atoms. The molecule has 0 unspecified atom stereocenters. The molecule has 296 valence electrons. The normalized spacial score (nSPS) is 12.6. The summed E-state index contributed by atoms with van der Waals surface area (Å²) in [5.41, 5.74) is 14.4. The first-order chi connectivity index (χ1) is 31.2. The monoisotopic (exact) mass is 806 g/mol. The number of furan rings is 1. The van der Waals surface area contributed by atoms with E-state index >= 15 is 0 Å². The van der Waals surface area contributed by atoms with Crippen molar-refractivity contribution in [3.63, 3.8) is 0 Å². The van der Waals surface area contributed by atoms with Crippen molar-refractivity contribution in [3.05, 3.63) is 253 Å². The minimum absolute atomic E-state index is 0.475. The molecule has 0 aliphatic heterocycles. The Hall–Kier alpha value is -8.41. The number of hydrogen-bond donors (Lipinski definition) is 0. The second kappa shape index (κ2) is 14.9. The lowest BCUT2D eigenvalue weighted by Crippen LogP contribution is -2.28. The highest BCUT2D eigenvalue weighted by Crippen LogP contribution is 2.57. The summed E-state index contributed by atoms with van der Waals surface area (Å²) in [5.74, 6) is 1.82. The van der Waals surface area contributed by atoms with E-state index in [0.29, 0.717) is 17.5 Å². The number of rotatable bonds is 8. The van der Waals surface area contributed by atoms with Crippen LogP contribution in [0.15, 0.2) is 235 Å². The maximum atomic E-state index is 6.75. The van der Waals surface area contributed by atoms with E-state index in [1.807, 2.05) is 72.8 Å². The second-order valence-electron chi connectivity index (χ2n) is 15.9. The van der Waals surface area contributed by atoms with Gasteiger partial charge in [0, 0.05) is 50.6 Å². The Balaban J connectivity index is 1.02. The molecule has 0 spiro atoms. The third-order valence-corrected chi connectivity index (χ3v) is 12.4. The third kappa shape index (κ3) is 5.97. The molecule has 11 aromatic rings. The van der Waals surface area contributed by atoms with E-state index < -0.39 is 5.41 Å². The van der Waals surface area contributed by atoms with Gasteiger partial charge in [0.2, 0.25) is 0 Å². The van der Waals surface area contributed by atoms with Gasteiger partial charge in [-0.25, -0.2) is 15.0 Å². The van der Waals surface area contributed by atoms with Crippen LogP contribution in [0.5, 0.6) is 0 Å². The maximum Gasteiger partial charge on any atom is 0.164 e. The number of benzene rings is 9. The van der Waals surface area contributed by atoms with Crippen LogP contribution in [0, 0.1) is 0 Å². The maximum absolute atomic E-state index is 6.75. The van der Waals surface area contributed by atoms with E-state index in [9.17, 15) is 0 Å². The molecule has 0 fully saturated rings. The first-order valence-corrected chi connectivity index (χ1v) is 21.3. The Bertz CT molecular complexity index is 3350. The number of para-hydroxylation sites is 1. The molecule has 0 N–H and O–H groups in total. The van der Waals surface area contributed by atoms with Gasteiger partial charge in [-0.05, 0) is 75.8 Å². The molecular weight excluding hydrogens is 769 g/mol. The fourth-order valence-corrected chi connectivity index (χ4v) is 9.67. The molecule has 0 radical (unpaired) electrons. The summed E-state index contributed by atoms with van der Waals surface area (Å²) >= 11 is 0. The molecule has 0 saturated heterocycles. The average Bonchev–Trinajstić information content (AvgIpc) is 3.89. The van der Waals surface area contributed by atoms with E-state index in [0.717, 1.165) is 55.7 Å². The van der Waals surface area contributed by atoms with Crippen molar-refractivity contribution in [2.45, 2.75) is 5.41 Å². The molecule has 0 atom stereocenters. The van der Waals surface area contributed by atoms with Crippen molar-refractivity contribution in [2.75, 3.05) is 4.90 Å². The van der Waals surface area contributed by atoms with Crippen LogP contribution < -0.4 is 4.90 Å². The molecule has 0 amide bonds. The van der Waals surface area contributed by atoms with Gasteiger partial charge >= 0.3 is 0 Å². The van der Waals surface area contributed by atoms with Crippen molar-refractivity contribution in [2.24, 2.45) is 0 Å². The zero-order chi connectivity index (χ0) is 41.7. The first-order valence-electron chi connectivity index (χ1n) is 21.3. The first kappa shape index (κ1) is 36.4. The standard InChI is InChI=1S/C58H38N4O/c1-6-19-39(20-7-1)55-59-56(40-21-8-2-9-22-40)61-57(60-55)48-30-18-32-52-54(48)47-35-33-45(38-53(47)63-52)62(43-27-14-5-15-28-43)44-34-36-51-49(37-44)46-29-16-17-31-50(46)58(51,41-23-10-3-11-24-41)42-25-12-4-13-26-42/h1-38H. The summed E-state index contributed by atoms with van der Waals surface area (Å²) in [4.78, 5) is 17.4. The molecule has 9 aromatic carbocycles. The Morgan fingerprint density at radius 2 is 0.857 bits per heavy atom. The molecule has 12 rings (SSSR count). The van der Waals surface area contributed by atoms with Crippen LogP contribution in [0.1, 0.15) is 22.3 Å². The zero-order valence-electron chi connectivity index (χ0n) is 34.1. The number of aromatic nitrogens is 3. The minimum Gasteiger partial charge on any atom is -0.456 e. The lowest BCUT2D eigenvalue weighted by atomic mass is 9.68. The highest BCUT2D eigenvalue weighted by molar-refractivity contribution is 6.12. The van der Waals surface area contributed by atoms with Crippen molar-refractivity contribution in [1.82, 2.24) is 15.0 Å². The summed E-state index contributed by atoms with van der Waals surface area (Å²) < 4.78 is 6.75. The Morgan fingerprint density at radius 3 is 1.51 bits per heavy atom. The number of hydrogen-bond acceptors (Lipinski definition) is 5. The van der Waals surface area contributed by atoms with Crippen LogP contribution in [-0.2, 0) is 5.41 Å². The van der Waals surface area contributed by atoms with Gasteiger partial charge in [0.25, 0.3) is 0 Å². The second-order valence-corrected chi connectivity index (χ2v) is 15.9. The van der Waals surface area contributed by atoms with Gasteiger partial charge in [0.05, 0.1) is 5.41 Å². The van der Waals surface area contributed by atoms with E-state index in [2.05, 4.69) is 163 Å². The van der Waals surface area contributed by atoms with Gasteiger partial charge in [-0.1, -0.05) is 182 Å². The SMILES string of the molecule is c1ccc(-c2nc(-c3ccccc3)nc(-c3cccc4oc5cc(N(c6ccccc6)c6ccc7c(c6)-c6ccccc6C7(c6ccccc6)c6ccccc6)ccc5c34)n2)cc1. The predicted molar refractivity (Wildman–Crippen MR) is 255 cm³/mol. The molecule has 1 aliphatic rings. The molecule has 5 nitrogen and oxygen atoms in total. The van der Waals surface area contributed by atoms with Crippen LogP contribution >= 0.6 is 0 Å². The highest BCUT2D eigenvalue weighted by Gasteiger charge is 2.46. The quantitative estimate of drug-likeness (QED) is 0.153. The van der Waals surface area contributed by atoms with Gasteiger partial charge < -0.3 is 9.32 Å². The van der Waals surface area contributed by atoms with Crippen molar-refractivity contribution in [1.29, 1.82) is 0 Å². The van der Waals surface area contributed by atoms with Crippen LogP contribution in [-0.4, -0.2) is 15.0 Å².